The minimum absolute atomic E-state index is 0.0208. The van der Waals surface area contributed by atoms with Gasteiger partial charge in [0, 0.05) is 10.9 Å². The molecule has 3 rings (SSSR count). The molecule has 1 aromatic carbocycles. The topological polar surface area (TPSA) is 44.9 Å². The zero-order valence-electron chi connectivity index (χ0n) is 8.72. The Morgan fingerprint density at radius 2 is 1.93 bits per heavy atom. The van der Waals surface area contributed by atoms with E-state index in [9.17, 15) is 4.79 Å². The van der Waals surface area contributed by atoms with E-state index in [1.807, 2.05) is 38.1 Å². The maximum Gasteiger partial charge on any atom is 0.254 e. The van der Waals surface area contributed by atoms with Crippen molar-refractivity contribution in [3.05, 3.63) is 35.5 Å². The summed E-state index contributed by atoms with van der Waals surface area (Å²) in [6.45, 7) is 4.01. The third-order valence-corrected chi connectivity index (χ3v) is 2.98. The van der Waals surface area contributed by atoms with Crippen LogP contribution in [0.3, 0.4) is 0 Å². The lowest BCUT2D eigenvalue weighted by molar-refractivity contribution is 0.0941. The van der Waals surface area contributed by atoms with Gasteiger partial charge in [-0.1, -0.05) is 18.2 Å². The number of carbonyl (C=O) groups is 1. The molecule has 3 nitrogen and oxygen atoms in total. The van der Waals surface area contributed by atoms with Crippen LogP contribution in [-0.2, 0) is 5.54 Å². The van der Waals surface area contributed by atoms with Gasteiger partial charge >= 0.3 is 0 Å². The van der Waals surface area contributed by atoms with Gasteiger partial charge in [-0.3, -0.25) is 4.79 Å². The van der Waals surface area contributed by atoms with E-state index >= 15 is 0 Å². The van der Waals surface area contributed by atoms with Crippen LogP contribution in [0.2, 0.25) is 0 Å². The summed E-state index contributed by atoms with van der Waals surface area (Å²) in [5.74, 6) is 0.0208. The van der Waals surface area contributed by atoms with E-state index in [0.29, 0.717) is 0 Å². The maximum atomic E-state index is 11.8. The Hall–Kier alpha value is -1.77. The predicted molar refractivity (Wildman–Crippen MR) is 58.8 cm³/mol. The van der Waals surface area contributed by atoms with Crippen LogP contribution in [-0.4, -0.2) is 10.9 Å². The Kier molecular flexibility index (Phi) is 1.38. The number of H-pyrrole nitrogens is 1. The second kappa shape index (κ2) is 2.42. The summed E-state index contributed by atoms with van der Waals surface area (Å²) in [6, 6.07) is 7.90. The lowest BCUT2D eigenvalue weighted by Gasteiger charge is -2.17. The van der Waals surface area contributed by atoms with Crippen molar-refractivity contribution in [3.8, 4) is 0 Å². The number of para-hydroxylation sites is 1. The molecule has 0 spiro atoms. The molecule has 0 atom stereocenters. The second-order valence-electron chi connectivity index (χ2n) is 4.50. The van der Waals surface area contributed by atoms with Crippen molar-refractivity contribution in [2.24, 2.45) is 0 Å². The van der Waals surface area contributed by atoms with Crippen LogP contribution in [0.4, 0.5) is 0 Å². The van der Waals surface area contributed by atoms with Crippen molar-refractivity contribution in [3.63, 3.8) is 0 Å². The standard InChI is InChI=1S/C12H12N2O/c1-12(2)10-9(11(15)14-12)7-5-3-4-6-8(7)13-10/h3-6,13H,1-2H3,(H,14,15). The summed E-state index contributed by atoms with van der Waals surface area (Å²) < 4.78 is 0. The summed E-state index contributed by atoms with van der Waals surface area (Å²) in [5, 5.41) is 3.97. The number of nitrogens with one attached hydrogen (secondary N) is 2. The molecule has 3 heteroatoms. The molecule has 76 valence electrons. The van der Waals surface area contributed by atoms with Gasteiger partial charge in [0.05, 0.1) is 16.8 Å². The van der Waals surface area contributed by atoms with E-state index in [1.165, 1.54) is 0 Å². The molecule has 0 unspecified atom stereocenters. The zero-order valence-corrected chi connectivity index (χ0v) is 8.72. The van der Waals surface area contributed by atoms with Gasteiger partial charge in [-0.25, -0.2) is 0 Å². The number of amides is 1. The van der Waals surface area contributed by atoms with Gasteiger partial charge in [0.2, 0.25) is 0 Å². The average Bonchev–Trinajstić information content (AvgIpc) is 2.64. The lowest BCUT2D eigenvalue weighted by Crippen LogP contribution is -2.33. The van der Waals surface area contributed by atoms with Gasteiger partial charge in [-0.05, 0) is 19.9 Å². The fourth-order valence-electron chi connectivity index (χ4n) is 2.26. The van der Waals surface area contributed by atoms with Crippen LogP contribution in [0.5, 0.6) is 0 Å². The minimum Gasteiger partial charge on any atom is -0.356 e. The van der Waals surface area contributed by atoms with Crippen molar-refractivity contribution < 1.29 is 4.79 Å². The molecule has 0 aliphatic carbocycles. The first-order chi connectivity index (χ1) is 7.09. The van der Waals surface area contributed by atoms with Crippen LogP contribution in [0.1, 0.15) is 29.9 Å². The molecule has 2 aromatic rings. The Labute approximate surface area is 87.5 Å². The van der Waals surface area contributed by atoms with Crippen molar-refractivity contribution in [2.75, 3.05) is 0 Å². The van der Waals surface area contributed by atoms with E-state index in [1.54, 1.807) is 0 Å². The fraction of sp³-hybridized carbons (Fsp3) is 0.250. The molecule has 1 aliphatic rings. The first-order valence-corrected chi connectivity index (χ1v) is 5.03. The molecule has 1 aliphatic heterocycles. The highest BCUT2D eigenvalue weighted by Crippen LogP contribution is 2.34. The number of rotatable bonds is 0. The maximum absolute atomic E-state index is 11.8. The summed E-state index contributed by atoms with van der Waals surface area (Å²) in [4.78, 5) is 15.1. The highest BCUT2D eigenvalue weighted by molar-refractivity contribution is 6.11. The van der Waals surface area contributed by atoms with Crippen LogP contribution in [0.25, 0.3) is 10.9 Å². The quantitative estimate of drug-likeness (QED) is 0.672. The van der Waals surface area contributed by atoms with Gasteiger partial charge < -0.3 is 10.3 Å². The van der Waals surface area contributed by atoms with E-state index in [4.69, 9.17) is 0 Å². The molecule has 0 saturated heterocycles. The smallest absolute Gasteiger partial charge is 0.254 e. The van der Waals surface area contributed by atoms with Crippen LogP contribution in [0.15, 0.2) is 24.3 Å². The van der Waals surface area contributed by atoms with E-state index in [2.05, 4.69) is 10.3 Å². The molecule has 0 bridgehead atoms. The largest absolute Gasteiger partial charge is 0.356 e. The van der Waals surface area contributed by atoms with Crippen molar-refractivity contribution in [2.45, 2.75) is 19.4 Å². The van der Waals surface area contributed by atoms with Gasteiger partial charge in [-0.2, -0.15) is 0 Å². The van der Waals surface area contributed by atoms with Gasteiger partial charge in [-0.15, -0.1) is 0 Å². The van der Waals surface area contributed by atoms with E-state index in [-0.39, 0.29) is 11.4 Å². The number of hydrogen-bond acceptors (Lipinski definition) is 1. The summed E-state index contributed by atoms with van der Waals surface area (Å²) in [7, 11) is 0. The van der Waals surface area contributed by atoms with Crippen LogP contribution < -0.4 is 5.32 Å². The second-order valence-corrected chi connectivity index (χ2v) is 4.50. The number of aromatic nitrogens is 1. The van der Waals surface area contributed by atoms with E-state index < -0.39 is 0 Å². The molecule has 15 heavy (non-hydrogen) atoms. The van der Waals surface area contributed by atoms with Gasteiger partial charge in [0.15, 0.2) is 0 Å². The molecular weight excluding hydrogens is 188 g/mol. The lowest BCUT2D eigenvalue weighted by atomic mass is 10.0. The first-order valence-electron chi connectivity index (χ1n) is 5.03. The highest BCUT2D eigenvalue weighted by atomic mass is 16.2. The molecule has 0 fully saturated rings. The summed E-state index contributed by atoms with van der Waals surface area (Å²) in [5.41, 5.74) is 2.54. The summed E-state index contributed by atoms with van der Waals surface area (Å²) in [6.07, 6.45) is 0. The normalized spacial score (nSPS) is 17.9. The van der Waals surface area contributed by atoms with Gasteiger partial charge in [0.25, 0.3) is 5.91 Å². The van der Waals surface area contributed by atoms with Crippen molar-refractivity contribution >= 4 is 16.8 Å². The highest BCUT2D eigenvalue weighted by Gasteiger charge is 2.38. The number of carbonyl (C=O) groups excluding carboxylic acids is 1. The molecule has 1 aromatic heterocycles. The molecule has 0 radical (unpaired) electrons. The SMILES string of the molecule is CC1(C)NC(=O)c2c1[nH]c1ccccc21. The fourth-order valence-corrected chi connectivity index (χ4v) is 2.26. The molecule has 1 amide bonds. The molecule has 2 N–H and O–H groups in total. The molecular formula is C12H12N2O. The first kappa shape index (κ1) is 8.53. The van der Waals surface area contributed by atoms with Crippen molar-refractivity contribution in [1.82, 2.24) is 10.3 Å². The average molecular weight is 200 g/mol. The van der Waals surface area contributed by atoms with Crippen LogP contribution >= 0.6 is 0 Å². The molecule has 0 saturated carbocycles. The van der Waals surface area contributed by atoms with Crippen LogP contribution in [0, 0.1) is 0 Å². The third-order valence-electron chi connectivity index (χ3n) is 2.98. The number of fused-ring (bicyclic) bond motifs is 3. The number of aromatic amines is 1. The van der Waals surface area contributed by atoms with Crippen molar-refractivity contribution in [1.29, 1.82) is 0 Å². The Morgan fingerprint density at radius 1 is 1.20 bits per heavy atom. The predicted octanol–water partition coefficient (Wildman–Crippen LogP) is 2.15. The molecule has 2 heterocycles. The zero-order chi connectivity index (χ0) is 10.6. The Bertz CT molecular complexity index is 566. The Balaban J connectivity index is 2.44. The number of benzene rings is 1. The van der Waals surface area contributed by atoms with Gasteiger partial charge in [0.1, 0.15) is 0 Å². The third kappa shape index (κ3) is 0.975. The minimum atomic E-state index is -0.286. The van der Waals surface area contributed by atoms with E-state index in [0.717, 1.165) is 22.2 Å². The Morgan fingerprint density at radius 3 is 2.73 bits per heavy atom. The monoisotopic (exact) mass is 200 g/mol. The summed E-state index contributed by atoms with van der Waals surface area (Å²) >= 11 is 0. The number of hydrogen-bond donors (Lipinski definition) is 2.